The van der Waals surface area contributed by atoms with Gasteiger partial charge in [0.1, 0.15) is 0 Å². The monoisotopic (exact) mass is 305 g/mol. The molecule has 1 saturated heterocycles. The van der Waals surface area contributed by atoms with Crippen molar-refractivity contribution in [2.24, 2.45) is 5.92 Å². The fourth-order valence-electron chi connectivity index (χ4n) is 2.02. The molecule has 2 atom stereocenters. The van der Waals surface area contributed by atoms with Crippen LogP contribution in [-0.2, 0) is 11.4 Å². The lowest BCUT2D eigenvalue weighted by Crippen LogP contribution is -2.42. The van der Waals surface area contributed by atoms with Crippen molar-refractivity contribution in [1.29, 1.82) is 0 Å². The van der Waals surface area contributed by atoms with Crippen molar-refractivity contribution < 1.29 is 4.84 Å². The van der Waals surface area contributed by atoms with E-state index in [1.54, 1.807) is 0 Å². The fourth-order valence-corrected chi connectivity index (χ4v) is 2.02. The number of rotatable bonds is 4. The smallest absolute Gasteiger partial charge is 0.0685 e. The number of benzene rings is 1. The summed E-state index contributed by atoms with van der Waals surface area (Å²) >= 11 is 0. The Bertz CT molecular complexity index is 310. The second-order valence-electron chi connectivity index (χ2n) is 4.40. The minimum absolute atomic E-state index is 0. The summed E-state index contributed by atoms with van der Waals surface area (Å²) in [5, 5.41) is 3.57. The van der Waals surface area contributed by atoms with Crippen LogP contribution in [0.15, 0.2) is 30.3 Å². The molecular weight excluding hydrogens is 278 g/mol. The Morgan fingerprint density at radius 2 is 2.05 bits per heavy atom. The second kappa shape index (κ2) is 11.4. The summed E-state index contributed by atoms with van der Waals surface area (Å²) in [6.45, 7) is 4.96. The van der Waals surface area contributed by atoms with Gasteiger partial charge in [0, 0.05) is 19.1 Å². The molecule has 5 N–H and O–H groups in total. The number of halogens is 1. The summed E-state index contributed by atoms with van der Waals surface area (Å²) in [5.41, 5.74) is 4.32. The van der Waals surface area contributed by atoms with E-state index in [0.29, 0.717) is 12.0 Å². The molecule has 4 nitrogen and oxygen atoms in total. The first-order chi connectivity index (χ1) is 7.86. The zero-order valence-electron chi connectivity index (χ0n) is 10.9. The van der Waals surface area contributed by atoms with Gasteiger partial charge in [0.05, 0.1) is 6.61 Å². The van der Waals surface area contributed by atoms with Crippen LogP contribution in [0.1, 0.15) is 18.9 Å². The Labute approximate surface area is 126 Å². The molecule has 1 aliphatic rings. The molecule has 0 saturated carbocycles. The van der Waals surface area contributed by atoms with Gasteiger partial charge in [0.15, 0.2) is 0 Å². The molecule has 112 valence electrons. The van der Waals surface area contributed by atoms with Crippen molar-refractivity contribution in [3.05, 3.63) is 35.9 Å². The molecular formula is C13H28ClN3OSi. The van der Waals surface area contributed by atoms with Crippen LogP contribution in [0.25, 0.3) is 0 Å². The van der Waals surface area contributed by atoms with Crippen LogP contribution in [0.4, 0.5) is 0 Å². The van der Waals surface area contributed by atoms with Crippen molar-refractivity contribution in [3.8, 4) is 0 Å². The van der Waals surface area contributed by atoms with Crippen LogP contribution < -0.4 is 16.9 Å². The van der Waals surface area contributed by atoms with Crippen molar-refractivity contribution in [3.63, 3.8) is 0 Å². The van der Waals surface area contributed by atoms with Gasteiger partial charge in [-0.05, 0) is 35.8 Å². The van der Waals surface area contributed by atoms with Gasteiger partial charge in [-0.15, -0.1) is 12.4 Å². The molecule has 1 heterocycles. The number of hydroxylamine groups is 1. The van der Waals surface area contributed by atoms with E-state index in [1.165, 1.54) is 5.56 Å². The molecule has 19 heavy (non-hydrogen) atoms. The van der Waals surface area contributed by atoms with E-state index >= 15 is 0 Å². The highest BCUT2D eigenvalue weighted by Crippen LogP contribution is 2.12. The minimum atomic E-state index is 0. The number of hydrogen-bond acceptors (Lipinski definition) is 4. The number of hydrogen-bond donors (Lipinski definition) is 3. The predicted molar refractivity (Wildman–Crippen MR) is 88.4 cm³/mol. The second-order valence-corrected chi connectivity index (χ2v) is 4.40. The Kier molecular flexibility index (Phi) is 12.5. The molecule has 0 radical (unpaired) electrons. The van der Waals surface area contributed by atoms with Gasteiger partial charge in [0.2, 0.25) is 0 Å². The lowest BCUT2D eigenvalue weighted by atomic mass is 9.97. The van der Waals surface area contributed by atoms with Gasteiger partial charge in [0.25, 0.3) is 0 Å². The summed E-state index contributed by atoms with van der Waals surface area (Å²) in [6.07, 6.45) is 1.13. The molecule has 0 spiro atoms. The van der Waals surface area contributed by atoms with Crippen molar-refractivity contribution in [2.45, 2.75) is 25.9 Å². The molecule has 0 amide bonds. The highest BCUT2D eigenvalue weighted by Gasteiger charge is 2.19. The lowest BCUT2D eigenvalue weighted by Gasteiger charge is -2.28. The van der Waals surface area contributed by atoms with Crippen molar-refractivity contribution >= 4 is 23.4 Å². The summed E-state index contributed by atoms with van der Waals surface area (Å²) < 4.78 is 0. The Morgan fingerprint density at radius 3 is 2.63 bits per heavy atom. The molecule has 6 heteroatoms. The Morgan fingerprint density at radius 1 is 1.37 bits per heavy atom. The third kappa shape index (κ3) is 7.05. The van der Waals surface area contributed by atoms with E-state index in [1.807, 2.05) is 0 Å². The van der Waals surface area contributed by atoms with Crippen LogP contribution in [0.3, 0.4) is 0 Å². The summed E-state index contributed by atoms with van der Waals surface area (Å²) in [4.78, 5) is 5.13. The van der Waals surface area contributed by atoms with E-state index in [-0.39, 0.29) is 29.5 Å². The summed E-state index contributed by atoms with van der Waals surface area (Å²) in [7, 11) is 0. The zero-order chi connectivity index (χ0) is 11.2. The average Bonchev–Trinajstić information content (AvgIpc) is 2.38. The highest BCUT2D eigenvalue weighted by molar-refractivity contribution is 5.85. The Balaban J connectivity index is 0. The minimum Gasteiger partial charge on any atom is -0.344 e. The van der Waals surface area contributed by atoms with Gasteiger partial charge < -0.3 is 16.3 Å². The standard InChI is InChI=1S/C13H20N2O.ClH.H3N.H4Si/c1-11(13-7-8-16-15-10-13)14-9-12-5-3-2-4-6-12;;;/h2-6,11,13-15H,7-10H2,1H3;1H;1H3;1H4. The van der Waals surface area contributed by atoms with Crippen LogP contribution in [0.2, 0.25) is 0 Å². The molecule has 0 aromatic heterocycles. The molecule has 1 fully saturated rings. The first-order valence-electron chi connectivity index (χ1n) is 5.98. The van der Waals surface area contributed by atoms with Crippen molar-refractivity contribution in [1.82, 2.24) is 16.9 Å². The quantitative estimate of drug-likeness (QED) is 0.721. The van der Waals surface area contributed by atoms with Gasteiger partial charge in [-0.25, -0.2) is 5.48 Å². The molecule has 1 aliphatic heterocycles. The van der Waals surface area contributed by atoms with Crippen LogP contribution in [0, 0.1) is 5.92 Å². The largest absolute Gasteiger partial charge is 0.344 e. The van der Waals surface area contributed by atoms with E-state index in [9.17, 15) is 0 Å². The van der Waals surface area contributed by atoms with Gasteiger partial charge in [-0.2, -0.15) is 0 Å². The highest BCUT2D eigenvalue weighted by atomic mass is 35.5. The van der Waals surface area contributed by atoms with Crippen LogP contribution in [0.5, 0.6) is 0 Å². The maximum absolute atomic E-state index is 5.13. The molecule has 1 aromatic carbocycles. The van der Waals surface area contributed by atoms with Gasteiger partial charge in [-0.1, -0.05) is 30.3 Å². The van der Waals surface area contributed by atoms with E-state index in [0.717, 1.165) is 26.1 Å². The molecule has 2 unspecified atom stereocenters. The first-order valence-corrected chi connectivity index (χ1v) is 5.98. The number of nitrogens with one attached hydrogen (secondary N) is 2. The first kappa shape index (κ1) is 20.9. The Hall–Kier alpha value is -0.433. The normalized spacial score (nSPS) is 19.3. The molecule has 0 bridgehead atoms. The van der Waals surface area contributed by atoms with Gasteiger partial charge >= 0.3 is 0 Å². The summed E-state index contributed by atoms with van der Waals surface area (Å²) in [5.74, 6) is 0.664. The van der Waals surface area contributed by atoms with E-state index < -0.39 is 0 Å². The average molecular weight is 306 g/mol. The lowest BCUT2D eigenvalue weighted by molar-refractivity contribution is -0.0163. The maximum atomic E-state index is 5.13. The molecule has 2 rings (SSSR count). The van der Waals surface area contributed by atoms with Crippen LogP contribution >= 0.6 is 12.4 Å². The van der Waals surface area contributed by atoms with E-state index in [4.69, 9.17) is 4.84 Å². The maximum Gasteiger partial charge on any atom is 0.0685 e. The predicted octanol–water partition coefficient (Wildman–Crippen LogP) is 0.838. The third-order valence-corrected chi connectivity index (χ3v) is 3.22. The molecule has 1 aromatic rings. The third-order valence-electron chi connectivity index (χ3n) is 3.22. The zero-order valence-corrected chi connectivity index (χ0v) is 11.7. The van der Waals surface area contributed by atoms with Crippen LogP contribution in [-0.4, -0.2) is 30.2 Å². The van der Waals surface area contributed by atoms with E-state index in [2.05, 4.69) is 48.1 Å². The van der Waals surface area contributed by atoms with Gasteiger partial charge in [-0.3, -0.25) is 0 Å². The summed E-state index contributed by atoms with van der Waals surface area (Å²) in [6, 6.07) is 11.0. The topological polar surface area (TPSA) is 68.3 Å². The fraction of sp³-hybridized carbons (Fsp3) is 0.538. The SMILES string of the molecule is CC(NCc1ccccc1)C1CCONC1.Cl.N.[SiH4]. The molecule has 0 aliphatic carbocycles. The van der Waals surface area contributed by atoms with Crippen molar-refractivity contribution in [2.75, 3.05) is 13.2 Å².